The van der Waals surface area contributed by atoms with E-state index >= 15 is 0 Å². The highest BCUT2D eigenvalue weighted by molar-refractivity contribution is 5.99. The van der Waals surface area contributed by atoms with Crippen LogP contribution in [0.4, 0.5) is 17.1 Å². The third-order valence-corrected chi connectivity index (χ3v) is 5.19. The fraction of sp³-hybridized carbons (Fsp3) is 0.174. The molecule has 4 rings (SSSR count). The van der Waals surface area contributed by atoms with Crippen molar-refractivity contribution in [3.63, 3.8) is 0 Å². The second-order valence-electron chi connectivity index (χ2n) is 7.11. The van der Waals surface area contributed by atoms with Gasteiger partial charge in [-0.2, -0.15) is 0 Å². The van der Waals surface area contributed by atoms with E-state index in [9.17, 15) is 19.5 Å². The number of para-hydroxylation sites is 2. The van der Waals surface area contributed by atoms with Gasteiger partial charge < -0.3 is 25.5 Å². The number of fused-ring (bicyclic) bond motifs is 1. The minimum atomic E-state index is -0.702. The van der Waals surface area contributed by atoms with Crippen LogP contribution in [-0.2, 0) is 0 Å². The Morgan fingerprint density at radius 2 is 1.81 bits per heavy atom. The lowest BCUT2D eigenvalue weighted by Crippen LogP contribution is -2.37. The topological polar surface area (TPSA) is 121 Å². The van der Waals surface area contributed by atoms with Crippen LogP contribution >= 0.6 is 0 Å². The fourth-order valence-electron chi connectivity index (χ4n) is 3.47. The lowest BCUT2D eigenvalue weighted by Gasteiger charge is -2.20. The Morgan fingerprint density at radius 1 is 1.06 bits per heavy atom. The van der Waals surface area contributed by atoms with E-state index in [1.165, 1.54) is 19.2 Å². The van der Waals surface area contributed by atoms with Gasteiger partial charge in [-0.15, -0.1) is 0 Å². The standard InChI is InChI=1S/C23H21N3O5/c1-3-14(17-11-12-7-4-5-10-16(12)31-17)25-18-19(22(29)21(18)28)26-15-9-6-8-13(20(15)27)23(30)24-2/h4-11,14,25-27H,3H2,1-2H3,(H,24,30)/t14-/m1/s1. The summed E-state index contributed by atoms with van der Waals surface area (Å²) in [6.45, 7) is 1.93. The predicted molar refractivity (Wildman–Crippen MR) is 119 cm³/mol. The highest BCUT2D eigenvalue weighted by Gasteiger charge is 2.26. The van der Waals surface area contributed by atoms with Gasteiger partial charge in [0.25, 0.3) is 16.8 Å². The molecule has 0 aliphatic rings. The molecule has 4 N–H and O–H groups in total. The van der Waals surface area contributed by atoms with E-state index in [0.29, 0.717) is 12.2 Å². The Labute approximate surface area is 177 Å². The van der Waals surface area contributed by atoms with Crippen molar-refractivity contribution < 1.29 is 14.3 Å². The second kappa shape index (κ2) is 7.98. The summed E-state index contributed by atoms with van der Waals surface area (Å²) in [5.74, 6) is -0.141. The molecule has 0 unspecified atom stereocenters. The van der Waals surface area contributed by atoms with Gasteiger partial charge in [-0.3, -0.25) is 14.4 Å². The predicted octanol–water partition coefficient (Wildman–Crippen LogP) is 3.40. The molecule has 1 aromatic heterocycles. The number of furan rings is 1. The van der Waals surface area contributed by atoms with E-state index in [1.54, 1.807) is 6.07 Å². The quantitative estimate of drug-likeness (QED) is 0.268. The summed E-state index contributed by atoms with van der Waals surface area (Å²) < 4.78 is 5.89. The van der Waals surface area contributed by atoms with Gasteiger partial charge in [0.15, 0.2) is 5.75 Å². The van der Waals surface area contributed by atoms with Gasteiger partial charge in [0.2, 0.25) is 0 Å². The number of anilines is 3. The number of hydrogen-bond donors (Lipinski definition) is 4. The van der Waals surface area contributed by atoms with Crippen molar-refractivity contribution in [2.75, 3.05) is 17.7 Å². The van der Waals surface area contributed by atoms with E-state index in [-0.39, 0.29) is 34.4 Å². The molecule has 158 valence electrons. The van der Waals surface area contributed by atoms with Crippen molar-refractivity contribution in [2.45, 2.75) is 19.4 Å². The van der Waals surface area contributed by atoms with E-state index in [0.717, 1.165) is 11.0 Å². The molecule has 3 aromatic carbocycles. The number of benzene rings is 2. The zero-order valence-corrected chi connectivity index (χ0v) is 17.0. The lowest BCUT2D eigenvalue weighted by atomic mass is 10.1. The molecule has 8 nitrogen and oxygen atoms in total. The van der Waals surface area contributed by atoms with Crippen molar-refractivity contribution in [1.82, 2.24) is 5.32 Å². The number of phenolic OH excluding ortho intramolecular Hbond substituents is 1. The van der Waals surface area contributed by atoms with Crippen LogP contribution < -0.4 is 26.8 Å². The molecule has 1 heterocycles. The summed E-state index contributed by atoms with van der Waals surface area (Å²) in [7, 11) is 1.45. The largest absolute Gasteiger partial charge is 0.505 e. The smallest absolute Gasteiger partial charge is 0.254 e. The normalized spacial score (nSPS) is 12.1. The van der Waals surface area contributed by atoms with Crippen LogP contribution in [0.25, 0.3) is 11.0 Å². The molecular formula is C23H21N3O5. The van der Waals surface area contributed by atoms with Gasteiger partial charge >= 0.3 is 0 Å². The first kappa shape index (κ1) is 20.2. The number of hydrogen-bond acceptors (Lipinski definition) is 7. The SMILES string of the molecule is CC[C@@H](Nc1c(Nc2cccc(C(=O)NC)c2O)c(=O)c1=O)c1cc2ccccc2o1. The molecule has 8 heteroatoms. The van der Waals surface area contributed by atoms with Crippen molar-refractivity contribution in [1.29, 1.82) is 0 Å². The van der Waals surface area contributed by atoms with Gasteiger partial charge in [0.05, 0.1) is 17.3 Å². The van der Waals surface area contributed by atoms with Gasteiger partial charge in [0.1, 0.15) is 22.7 Å². The van der Waals surface area contributed by atoms with Crippen molar-refractivity contribution in [3.8, 4) is 5.75 Å². The van der Waals surface area contributed by atoms with Crippen LogP contribution in [0.15, 0.2) is 62.5 Å². The van der Waals surface area contributed by atoms with E-state index in [1.807, 2.05) is 37.3 Å². The summed E-state index contributed by atoms with van der Waals surface area (Å²) in [4.78, 5) is 36.4. The first-order valence-corrected chi connectivity index (χ1v) is 9.84. The first-order chi connectivity index (χ1) is 14.9. The highest BCUT2D eigenvalue weighted by Crippen LogP contribution is 2.33. The minimum Gasteiger partial charge on any atom is -0.505 e. The molecular weight excluding hydrogens is 398 g/mol. The maximum atomic E-state index is 12.3. The average molecular weight is 419 g/mol. The molecule has 0 fully saturated rings. The number of phenols is 1. The molecule has 0 radical (unpaired) electrons. The Kier molecular flexibility index (Phi) is 5.21. The van der Waals surface area contributed by atoms with Gasteiger partial charge in [-0.1, -0.05) is 31.2 Å². The van der Waals surface area contributed by atoms with Crippen LogP contribution in [0.2, 0.25) is 0 Å². The zero-order valence-electron chi connectivity index (χ0n) is 17.0. The van der Waals surface area contributed by atoms with Gasteiger partial charge in [-0.25, -0.2) is 0 Å². The number of nitrogens with one attached hydrogen (secondary N) is 3. The molecule has 0 saturated heterocycles. The number of rotatable bonds is 7. The van der Waals surface area contributed by atoms with Crippen molar-refractivity contribution in [3.05, 3.63) is 80.3 Å². The molecule has 0 saturated carbocycles. The van der Waals surface area contributed by atoms with E-state index in [2.05, 4.69) is 16.0 Å². The Balaban J connectivity index is 1.63. The van der Waals surface area contributed by atoms with Crippen LogP contribution in [0.3, 0.4) is 0 Å². The third kappa shape index (κ3) is 3.52. The second-order valence-corrected chi connectivity index (χ2v) is 7.11. The van der Waals surface area contributed by atoms with Crippen molar-refractivity contribution >= 4 is 33.9 Å². The Hall–Kier alpha value is -4.07. The lowest BCUT2D eigenvalue weighted by molar-refractivity contribution is 0.0960. The zero-order chi connectivity index (χ0) is 22.1. The molecule has 0 aliphatic carbocycles. The van der Waals surface area contributed by atoms with Crippen LogP contribution in [0.1, 0.15) is 35.5 Å². The first-order valence-electron chi connectivity index (χ1n) is 9.84. The maximum absolute atomic E-state index is 12.3. The molecule has 31 heavy (non-hydrogen) atoms. The minimum absolute atomic E-state index is 0.0314. The molecule has 4 aromatic rings. The Bertz CT molecular complexity index is 1310. The molecule has 1 atom stereocenters. The van der Waals surface area contributed by atoms with Crippen molar-refractivity contribution in [2.24, 2.45) is 0 Å². The summed E-state index contributed by atoms with van der Waals surface area (Å²) in [5.41, 5.74) is -0.281. The average Bonchev–Trinajstić information content (AvgIpc) is 3.22. The van der Waals surface area contributed by atoms with Gasteiger partial charge in [-0.05, 0) is 30.7 Å². The number of carbonyl (C=O) groups excluding carboxylic acids is 1. The number of aromatic hydroxyl groups is 1. The van der Waals surface area contributed by atoms with Crippen LogP contribution in [0, 0.1) is 0 Å². The monoisotopic (exact) mass is 419 g/mol. The van der Waals surface area contributed by atoms with Crippen LogP contribution in [-0.4, -0.2) is 18.1 Å². The number of carbonyl (C=O) groups is 1. The highest BCUT2D eigenvalue weighted by atomic mass is 16.3. The molecule has 0 spiro atoms. The number of amides is 1. The molecule has 1 amide bonds. The summed E-state index contributed by atoms with van der Waals surface area (Å²) in [5, 5.41) is 19.7. The van der Waals surface area contributed by atoms with Gasteiger partial charge in [0, 0.05) is 12.4 Å². The summed E-state index contributed by atoms with van der Waals surface area (Å²) >= 11 is 0. The summed E-state index contributed by atoms with van der Waals surface area (Å²) in [6, 6.07) is 13.7. The van der Waals surface area contributed by atoms with E-state index in [4.69, 9.17) is 4.42 Å². The maximum Gasteiger partial charge on any atom is 0.254 e. The van der Waals surface area contributed by atoms with Crippen LogP contribution in [0.5, 0.6) is 5.75 Å². The molecule has 0 aliphatic heterocycles. The summed E-state index contributed by atoms with van der Waals surface area (Å²) in [6.07, 6.45) is 0.607. The third-order valence-electron chi connectivity index (χ3n) is 5.19. The fourth-order valence-corrected chi connectivity index (χ4v) is 3.47. The molecule has 0 bridgehead atoms. The Morgan fingerprint density at radius 3 is 2.52 bits per heavy atom. The van der Waals surface area contributed by atoms with E-state index < -0.39 is 16.8 Å².